The first-order valence-corrected chi connectivity index (χ1v) is 14.3. The molecule has 0 spiro atoms. The van der Waals surface area contributed by atoms with Gasteiger partial charge >= 0.3 is 0 Å². The van der Waals surface area contributed by atoms with Crippen molar-refractivity contribution >= 4 is 32.4 Å². The van der Waals surface area contributed by atoms with Gasteiger partial charge in [0.2, 0.25) is 5.91 Å². The Kier molecular flexibility index (Phi) is 7.23. The van der Waals surface area contributed by atoms with Crippen LogP contribution in [0.2, 0.25) is 0 Å². The van der Waals surface area contributed by atoms with Crippen molar-refractivity contribution in [1.29, 1.82) is 0 Å². The average molecular weight is 532 g/mol. The molecule has 194 valence electrons. The lowest BCUT2D eigenvalue weighted by Gasteiger charge is -2.58. The van der Waals surface area contributed by atoms with E-state index in [2.05, 4.69) is 22.9 Å². The van der Waals surface area contributed by atoms with Crippen molar-refractivity contribution in [3.8, 4) is 12.3 Å². The van der Waals surface area contributed by atoms with E-state index in [4.69, 9.17) is 11.4 Å². The van der Waals surface area contributed by atoms with Crippen LogP contribution < -0.4 is 10.0 Å². The first kappa shape index (κ1) is 26.6. The van der Waals surface area contributed by atoms with Crippen LogP contribution in [-0.2, 0) is 21.2 Å². The molecule has 8 nitrogen and oxygen atoms in total. The van der Waals surface area contributed by atoms with Gasteiger partial charge in [-0.15, -0.1) is 17.8 Å². The van der Waals surface area contributed by atoms with Crippen LogP contribution in [0.15, 0.2) is 29.2 Å². The number of thiazole rings is 1. The maximum absolute atomic E-state index is 13.0. The van der Waals surface area contributed by atoms with Crippen molar-refractivity contribution in [1.82, 2.24) is 10.3 Å². The standard InChI is InChI=1S/C26H33N3O5S2/c1-5-12-27-22(32)13-18-23-19(14-20-25(18,3)11-10-21(31)26(20,4)15-30)35-24(28-23)29-36(33,34)17-8-6-16(2)7-9-17/h1,6-9,18,20-21,30-31H,10-15H2,2-4H3,(H,27,32)(H,28,29). The van der Waals surface area contributed by atoms with E-state index >= 15 is 0 Å². The predicted octanol–water partition coefficient (Wildman–Crippen LogP) is 2.81. The molecule has 4 rings (SSSR count). The van der Waals surface area contributed by atoms with Gasteiger partial charge in [-0.1, -0.05) is 37.5 Å². The topological polar surface area (TPSA) is 129 Å². The van der Waals surface area contributed by atoms with Gasteiger partial charge in [-0.05, 0) is 49.7 Å². The zero-order valence-electron chi connectivity index (χ0n) is 20.7. The van der Waals surface area contributed by atoms with Crippen LogP contribution in [0, 0.1) is 36.0 Å². The van der Waals surface area contributed by atoms with E-state index in [0.717, 1.165) is 10.4 Å². The van der Waals surface area contributed by atoms with Crippen LogP contribution in [0.4, 0.5) is 5.13 Å². The Morgan fingerprint density at radius 1 is 1.31 bits per heavy atom. The number of hydrogen-bond donors (Lipinski definition) is 4. The summed E-state index contributed by atoms with van der Waals surface area (Å²) < 4.78 is 28.6. The van der Waals surface area contributed by atoms with Crippen LogP contribution in [0.3, 0.4) is 0 Å². The molecule has 1 saturated carbocycles. The number of benzene rings is 1. The number of nitrogens with one attached hydrogen (secondary N) is 2. The summed E-state index contributed by atoms with van der Waals surface area (Å²) in [5, 5.41) is 24.2. The normalized spacial score (nSPS) is 29.5. The molecule has 1 aromatic heterocycles. The third kappa shape index (κ3) is 4.65. The van der Waals surface area contributed by atoms with E-state index in [9.17, 15) is 23.4 Å². The lowest BCUT2D eigenvalue weighted by Crippen LogP contribution is -2.57. The summed E-state index contributed by atoms with van der Waals surface area (Å²) in [6.45, 7) is 5.79. The Labute approximate surface area is 216 Å². The fraction of sp³-hybridized carbons (Fsp3) is 0.538. The van der Waals surface area contributed by atoms with Gasteiger partial charge in [-0.25, -0.2) is 13.4 Å². The molecular formula is C26H33N3O5S2. The lowest BCUT2D eigenvalue weighted by atomic mass is 9.47. The van der Waals surface area contributed by atoms with Gasteiger partial charge < -0.3 is 15.5 Å². The number of carbonyl (C=O) groups is 1. The molecule has 2 aliphatic carbocycles. The van der Waals surface area contributed by atoms with Crippen molar-refractivity contribution in [2.24, 2.45) is 16.7 Å². The summed E-state index contributed by atoms with van der Waals surface area (Å²) in [5.41, 5.74) is 0.463. The average Bonchev–Trinajstić information content (AvgIpc) is 3.23. The zero-order valence-corrected chi connectivity index (χ0v) is 22.4. The minimum Gasteiger partial charge on any atom is -0.396 e. The number of anilines is 1. The van der Waals surface area contributed by atoms with E-state index in [-0.39, 0.29) is 47.3 Å². The maximum atomic E-state index is 13.0. The zero-order chi connectivity index (χ0) is 26.3. The SMILES string of the molecule is C#CCNC(=O)CC1c2nc(NS(=O)(=O)c3ccc(C)cc3)sc2CC2C(C)(CO)C(O)CCC12C. The number of carbonyl (C=O) groups excluding carboxylic acids is 1. The van der Waals surface area contributed by atoms with Crippen molar-refractivity contribution in [3.05, 3.63) is 40.4 Å². The highest BCUT2D eigenvalue weighted by Gasteiger charge is 2.59. The minimum absolute atomic E-state index is 0.115. The largest absolute Gasteiger partial charge is 0.396 e. The van der Waals surface area contributed by atoms with Crippen LogP contribution in [-0.4, -0.2) is 48.8 Å². The summed E-state index contributed by atoms with van der Waals surface area (Å²) >= 11 is 1.25. The predicted molar refractivity (Wildman–Crippen MR) is 139 cm³/mol. The molecule has 5 atom stereocenters. The second kappa shape index (κ2) is 9.78. The Balaban J connectivity index is 1.74. The highest BCUT2D eigenvalue weighted by Crippen LogP contribution is 2.62. The number of aliphatic hydroxyl groups is 2. The van der Waals surface area contributed by atoms with Gasteiger partial charge in [-0.3, -0.25) is 9.52 Å². The number of aryl methyl sites for hydroxylation is 1. The highest BCUT2D eigenvalue weighted by molar-refractivity contribution is 7.93. The molecule has 0 radical (unpaired) electrons. The van der Waals surface area contributed by atoms with E-state index in [0.29, 0.717) is 25.0 Å². The Morgan fingerprint density at radius 2 is 2.00 bits per heavy atom. The number of aromatic nitrogens is 1. The van der Waals surface area contributed by atoms with Gasteiger partial charge in [0.15, 0.2) is 5.13 Å². The molecule has 1 heterocycles. The molecule has 5 unspecified atom stereocenters. The van der Waals surface area contributed by atoms with E-state index in [1.54, 1.807) is 24.3 Å². The first-order valence-electron chi connectivity index (χ1n) is 12.0. The molecule has 1 aromatic carbocycles. The lowest BCUT2D eigenvalue weighted by molar-refractivity contribution is -0.144. The quantitative estimate of drug-likeness (QED) is 0.407. The summed E-state index contributed by atoms with van der Waals surface area (Å²) in [6, 6.07) is 6.57. The molecule has 0 saturated heterocycles. The minimum atomic E-state index is -3.84. The first-order chi connectivity index (χ1) is 16.9. The van der Waals surface area contributed by atoms with Crippen molar-refractivity contribution in [3.63, 3.8) is 0 Å². The molecule has 0 aliphatic heterocycles. The van der Waals surface area contributed by atoms with Crippen molar-refractivity contribution in [2.75, 3.05) is 17.9 Å². The molecule has 10 heteroatoms. The molecule has 0 bridgehead atoms. The van der Waals surface area contributed by atoms with E-state index in [1.165, 1.54) is 11.3 Å². The van der Waals surface area contributed by atoms with Gasteiger partial charge in [0.05, 0.1) is 29.8 Å². The van der Waals surface area contributed by atoms with Crippen LogP contribution in [0.1, 0.15) is 55.2 Å². The highest BCUT2D eigenvalue weighted by atomic mass is 32.2. The molecule has 36 heavy (non-hydrogen) atoms. The van der Waals surface area contributed by atoms with Crippen LogP contribution in [0.5, 0.6) is 0 Å². The Bertz CT molecular complexity index is 1280. The second-order valence-corrected chi connectivity index (χ2v) is 13.2. The van der Waals surface area contributed by atoms with Gasteiger partial charge in [0, 0.05) is 22.6 Å². The van der Waals surface area contributed by atoms with Gasteiger partial charge in [0.25, 0.3) is 10.0 Å². The van der Waals surface area contributed by atoms with Crippen molar-refractivity contribution in [2.45, 2.75) is 63.4 Å². The molecular weight excluding hydrogens is 498 g/mol. The van der Waals surface area contributed by atoms with E-state index in [1.807, 2.05) is 13.8 Å². The molecule has 1 amide bonds. The Hall–Kier alpha value is -2.45. The second-order valence-electron chi connectivity index (χ2n) is 10.5. The summed E-state index contributed by atoms with van der Waals surface area (Å²) in [4.78, 5) is 18.5. The van der Waals surface area contributed by atoms with Gasteiger partial charge in [0.1, 0.15) is 0 Å². The van der Waals surface area contributed by atoms with E-state index < -0.39 is 27.0 Å². The number of terminal acetylenes is 1. The number of sulfonamides is 1. The number of amides is 1. The maximum Gasteiger partial charge on any atom is 0.263 e. The van der Waals surface area contributed by atoms with Crippen LogP contribution >= 0.6 is 11.3 Å². The molecule has 2 aliphatic rings. The number of fused-ring (bicyclic) bond motifs is 2. The summed E-state index contributed by atoms with van der Waals surface area (Å²) in [6.07, 6.45) is 6.46. The fourth-order valence-corrected chi connectivity index (χ4v) is 8.29. The number of hydrogen-bond acceptors (Lipinski definition) is 7. The third-order valence-corrected chi connectivity index (χ3v) is 10.7. The molecule has 2 aromatic rings. The number of nitrogens with zero attached hydrogens (tertiary/aromatic N) is 1. The smallest absolute Gasteiger partial charge is 0.263 e. The number of aliphatic hydroxyl groups excluding tert-OH is 2. The fourth-order valence-electron chi connectivity index (χ4n) is 5.99. The summed E-state index contributed by atoms with van der Waals surface area (Å²) in [5.74, 6) is 1.75. The van der Waals surface area contributed by atoms with Gasteiger partial charge in [-0.2, -0.15) is 0 Å². The number of rotatable bonds is 7. The third-order valence-electron chi connectivity index (χ3n) is 8.22. The summed E-state index contributed by atoms with van der Waals surface area (Å²) in [7, 11) is -3.84. The monoisotopic (exact) mass is 531 g/mol. The molecule has 1 fully saturated rings. The van der Waals surface area contributed by atoms with Crippen LogP contribution in [0.25, 0.3) is 0 Å². The van der Waals surface area contributed by atoms with Crippen molar-refractivity contribution < 1.29 is 23.4 Å². The Morgan fingerprint density at radius 3 is 2.64 bits per heavy atom. The molecule has 4 N–H and O–H groups in total.